The number of nitrogens with one attached hydrogen (secondary N) is 1. The van der Waals surface area contributed by atoms with Crippen molar-refractivity contribution in [3.05, 3.63) is 23.1 Å². The molecule has 1 aromatic heterocycles. The normalized spacial score (nSPS) is 25.4. The first-order valence-electron chi connectivity index (χ1n) is 5.39. The van der Waals surface area contributed by atoms with Crippen molar-refractivity contribution in [3.63, 3.8) is 0 Å². The molecule has 5 heteroatoms. The average Bonchev–Trinajstić information content (AvgIpc) is 2.68. The van der Waals surface area contributed by atoms with Gasteiger partial charge in [0.15, 0.2) is 11.0 Å². The topological polar surface area (TPSA) is 62.5 Å². The standard InChI is InChI=1S/C11H14ClNO3/c12-10-6-5-9(16-10)11(15)13-7-1-3-8(14)4-2-7/h5-8,14H,1-4H2,(H,13,15). The van der Waals surface area contributed by atoms with Crippen molar-refractivity contribution < 1.29 is 14.3 Å². The first kappa shape index (κ1) is 11.5. The predicted octanol–water partition coefficient (Wildman–Crippen LogP) is 1.97. The number of hydrogen-bond acceptors (Lipinski definition) is 3. The maximum atomic E-state index is 11.7. The molecular weight excluding hydrogens is 230 g/mol. The molecular formula is C11H14ClNO3. The van der Waals surface area contributed by atoms with E-state index in [0.717, 1.165) is 25.7 Å². The van der Waals surface area contributed by atoms with Crippen molar-refractivity contribution in [3.8, 4) is 0 Å². The summed E-state index contributed by atoms with van der Waals surface area (Å²) >= 11 is 5.59. The highest BCUT2D eigenvalue weighted by Gasteiger charge is 2.22. The van der Waals surface area contributed by atoms with Crippen LogP contribution in [0.25, 0.3) is 0 Å². The highest BCUT2D eigenvalue weighted by molar-refractivity contribution is 6.29. The van der Waals surface area contributed by atoms with Gasteiger partial charge < -0.3 is 14.8 Å². The van der Waals surface area contributed by atoms with E-state index < -0.39 is 0 Å². The summed E-state index contributed by atoms with van der Waals surface area (Å²) in [5, 5.41) is 12.4. The summed E-state index contributed by atoms with van der Waals surface area (Å²) < 4.78 is 5.01. The summed E-state index contributed by atoms with van der Waals surface area (Å²) in [6, 6.07) is 3.22. The number of carbonyl (C=O) groups is 1. The number of carbonyl (C=O) groups excluding carboxylic acids is 1. The molecule has 0 spiro atoms. The molecule has 0 bridgehead atoms. The minimum atomic E-state index is -0.242. The van der Waals surface area contributed by atoms with Gasteiger partial charge in [0.1, 0.15) is 0 Å². The minimum Gasteiger partial charge on any atom is -0.440 e. The van der Waals surface area contributed by atoms with Crippen LogP contribution in [-0.2, 0) is 0 Å². The SMILES string of the molecule is O=C(NC1CCC(O)CC1)c1ccc(Cl)o1. The smallest absolute Gasteiger partial charge is 0.287 e. The molecule has 1 fully saturated rings. The zero-order valence-corrected chi connectivity index (χ0v) is 9.54. The monoisotopic (exact) mass is 243 g/mol. The third kappa shape index (κ3) is 2.77. The number of aliphatic hydroxyl groups is 1. The van der Waals surface area contributed by atoms with Gasteiger partial charge in [0.25, 0.3) is 5.91 Å². The molecule has 16 heavy (non-hydrogen) atoms. The Morgan fingerprint density at radius 1 is 1.38 bits per heavy atom. The highest BCUT2D eigenvalue weighted by atomic mass is 35.5. The quantitative estimate of drug-likeness (QED) is 0.835. The summed E-state index contributed by atoms with van der Waals surface area (Å²) in [5.74, 6) is -0.00980. The lowest BCUT2D eigenvalue weighted by atomic mass is 9.93. The van der Waals surface area contributed by atoms with E-state index >= 15 is 0 Å². The van der Waals surface area contributed by atoms with Gasteiger partial charge in [-0.3, -0.25) is 4.79 Å². The molecule has 0 aromatic carbocycles. The average molecular weight is 244 g/mol. The molecule has 0 saturated heterocycles. The second-order valence-electron chi connectivity index (χ2n) is 4.08. The molecule has 1 aromatic rings. The highest BCUT2D eigenvalue weighted by Crippen LogP contribution is 2.19. The Morgan fingerprint density at radius 3 is 2.62 bits per heavy atom. The fraction of sp³-hybridized carbons (Fsp3) is 0.545. The van der Waals surface area contributed by atoms with Gasteiger partial charge in [-0.2, -0.15) is 0 Å². The maximum Gasteiger partial charge on any atom is 0.287 e. The molecule has 1 aliphatic carbocycles. The summed E-state index contributed by atoms with van der Waals surface area (Å²) in [4.78, 5) is 11.7. The van der Waals surface area contributed by atoms with Gasteiger partial charge in [0.05, 0.1) is 6.10 Å². The van der Waals surface area contributed by atoms with Crippen molar-refractivity contribution >= 4 is 17.5 Å². The number of halogens is 1. The molecule has 1 heterocycles. The second kappa shape index (κ2) is 4.89. The third-order valence-corrected chi connectivity index (χ3v) is 3.03. The Labute approximate surface area is 98.6 Å². The van der Waals surface area contributed by atoms with Crippen LogP contribution in [-0.4, -0.2) is 23.2 Å². The van der Waals surface area contributed by atoms with Gasteiger partial charge in [0, 0.05) is 6.04 Å². The van der Waals surface area contributed by atoms with E-state index in [1.165, 1.54) is 0 Å². The number of amides is 1. The van der Waals surface area contributed by atoms with E-state index in [2.05, 4.69) is 5.32 Å². The van der Waals surface area contributed by atoms with E-state index in [-0.39, 0.29) is 29.0 Å². The van der Waals surface area contributed by atoms with Crippen LogP contribution in [0, 0.1) is 0 Å². The summed E-state index contributed by atoms with van der Waals surface area (Å²) in [6.07, 6.45) is 2.88. The van der Waals surface area contributed by atoms with Crippen LogP contribution in [0.4, 0.5) is 0 Å². The van der Waals surface area contributed by atoms with Crippen LogP contribution in [0.2, 0.25) is 5.22 Å². The molecule has 1 saturated carbocycles. The number of hydrogen-bond donors (Lipinski definition) is 2. The Hall–Kier alpha value is -1.00. The fourth-order valence-electron chi connectivity index (χ4n) is 1.91. The molecule has 0 atom stereocenters. The molecule has 0 unspecified atom stereocenters. The molecule has 88 valence electrons. The van der Waals surface area contributed by atoms with E-state index in [9.17, 15) is 9.90 Å². The van der Waals surface area contributed by atoms with E-state index in [1.807, 2.05) is 0 Å². The number of rotatable bonds is 2. The van der Waals surface area contributed by atoms with Gasteiger partial charge in [-0.25, -0.2) is 0 Å². The Morgan fingerprint density at radius 2 is 2.06 bits per heavy atom. The van der Waals surface area contributed by atoms with Crippen molar-refractivity contribution in [2.24, 2.45) is 0 Å². The van der Waals surface area contributed by atoms with Crippen LogP contribution in [0.3, 0.4) is 0 Å². The van der Waals surface area contributed by atoms with Crippen LogP contribution in [0.1, 0.15) is 36.2 Å². The minimum absolute atomic E-state index is 0.125. The Kier molecular flexibility index (Phi) is 3.51. The lowest BCUT2D eigenvalue weighted by Gasteiger charge is -2.25. The zero-order valence-electron chi connectivity index (χ0n) is 8.78. The molecule has 2 N–H and O–H groups in total. The lowest BCUT2D eigenvalue weighted by Crippen LogP contribution is -2.38. The molecule has 2 rings (SSSR count). The van der Waals surface area contributed by atoms with Crippen molar-refractivity contribution in [1.82, 2.24) is 5.32 Å². The van der Waals surface area contributed by atoms with Crippen LogP contribution < -0.4 is 5.32 Å². The predicted molar refractivity (Wildman–Crippen MR) is 59.4 cm³/mol. The van der Waals surface area contributed by atoms with E-state index in [4.69, 9.17) is 16.0 Å². The maximum absolute atomic E-state index is 11.7. The third-order valence-electron chi connectivity index (χ3n) is 2.83. The molecule has 4 nitrogen and oxygen atoms in total. The summed E-state index contributed by atoms with van der Waals surface area (Å²) in [6.45, 7) is 0. The van der Waals surface area contributed by atoms with Crippen LogP contribution in [0.15, 0.2) is 16.5 Å². The number of aliphatic hydroxyl groups excluding tert-OH is 1. The van der Waals surface area contributed by atoms with Crippen molar-refractivity contribution in [1.29, 1.82) is 0 Å². The van der Waals surface area contributed by atoms with E-state index in [1.54, 1.807) is 12.1 Å². The molecule has 0 radical (unpaired) electrons. The Balaban J connectivity index is 1.88. The first-order valence-corrected chi connectivity index (χ1v) is 5.77. The van der Waals surface area contributed by atoms with E-state index in [0.29, 0.717) is 0 Å². The number of furan rings is 1. The van der Waals surface area contributed by atoms with Gasteiger partial charge in [-0.15, -0.1) is 0 Å². The molecule has 1 aliphatic rings. The van der Waals surface area contributed by atoms with Gasteiger partial charge in [0.2, 0.25) is 0 Å². The van der Waals surface area contributed by atoms with Gasteiger partial charge in [-0.1, -0.05) is 0 Å². The van der Waals surface area contributed by atoms with Crippen molar-refractivity contribution in [2.45, 2.75) is 37.8 Å². The second-order valence-corrected chi connectivity index (χ2v) is 4.46. The summed E-state index contributed by atoms with van der Waals surface area (Å²) in [7, 11) is 0. The first-order chi connectivity index (χ1) is 7.65. The lowest BCUT2D eigenvalue weighted by molar-refractivity contribution is 0.0843. The largest absolute Gasteiger partial charge is 0.440 e. The van der Waals surface area contributed by atoms with Gasteiger partial charge in [-0.05, 0) is 49.4 Å². The molecule has 1 amide bonds. The fourth-order valence-corrected chi connectivity index (χ4v) is 2.06. The van der Waals surface area contributed by atoms with Gasteiger partial charge >= 0.3 is 0 Å². The molecule has 0 aliphatic heterocycles. The van der Waals surface area contributed by atoms with Crippen LogP contribution >= 0.6 is 11.6 Å². The summed E-state index contributed by atoms with van der Waals surface area (Å²) in [5.41, 5.74) is 0. The van der Waals surface area contributed by atoms with Crippen LogP contribution in [0.5, 0.6) is 0 Å². The Bertz CT molecular complexity index is 369. The zero-order chi connectivity index (χ0) is 11.5. The van der Waals surface area contributed by atoms with Crippen molar-refractivity contribution in [2.75, 3.05) is 0 Å².